The Hall–Kier alpha value is -6.71. The summed E-state index contributed by atoms with van der Waals surface area (Å²) in [5, 5.41) is 4.59. The summed E-state index contributed by atoms with van der Waals surface area (Å²) in [6.07, 6.45) is 2.10. The molecular formula is C50H38N2O. The van der Waals surface area contributed by atoms with Crippen molar-refractivity contribution in [3.05, 3.63) is 198 Å². The third-order valence-electron chi connectivity index (χ3n) is 10.5. The highest BCUT2D eigenvalue weighted by molar-refractivity contribution is 6.22. The molecule has 0 N–H and O–H groups in total. The Morgan fingerprint density at radius 2 is 1.19 bits per heavy atom. The molecule has 3 nitrogen and oxygen atoms in total. The van der Waals surface area contributed by atoms with Gasteiger partial charge in [-0.2, -0.15) is 0 Å². The molecule has 254 valence electrons. The van der Waals surface area contributed by atoms with Crippen molar-refractivity contribution in [3.8, 4) is 16.8 Å². The van der Waals surface area contributed by atoms with Gasteiger partial charge in [-0.25, -0.2) is 4.99 Å². The van der Waals surface area contributed by atoms with Gasteiger partial charge in [0, 0.05) is 32.8 Å². The molecule has 53 heavy (non-hydrogen) atoms. The van der Waals surface area contributed by atoms with Gasteiger partial charge in [0.05, 0.1) is 22.4 Å². The highest BCUT2D eigenvalue weighted by Crippen LogP contribution is 2.40. The first-order valence-electron chi connectivity index (χ1n) is 18.2. The summed E-state index contributed by atoms with van der Waals surface area (Å²) in [7, 11) is 0. The van der Waals surface area contributed by atoms with Crippen LogP contribution in [0.3, 0.4) is 0 Å². The molecule has 0 bridgehead atoms. The van der Waals surface area contributed by atoms with Crippen LogP contribution in [0.1, 0.15) is 37.5 Å². The molecule has 2 heterocycles. The second-order valence-corrected chi connectivity index (χ2v) is 13.5. The lowest BCUT2D eigenvalue weighted by atomic mass is 9.93. The van der Waals surface area contributed by atoms with Gasteiger partial charge in [0.2, 0.25) is 0 Å². The molecule has 0 aliphatic heterocycles. The number of furan rings is 1. The fourth-order valence-electron chi connectivity index (χ4n) is 7.64. The Balaban J connectivity index is 1.27. The summed E-state index contributed by atoms with van der Waals surface area (Å²) in [5.41, 5.74) is 14.9. The van der Waals surface area contributed by atoms with Crippen molar-refractivity contribution in [1.29, 1.82) is 0 Å². The Morgan fingerprint density at radius 3 is 2.00 bits per heavy atom. The van der Waals surface area contributed by atoms with E-state index in [1.54, 1.807) is 0 Å². The molecule has 0 unspecified atom stereocenters. The van der Waals surface area contributed by atoms with E-state index in [0.717, 1.165) is 72.2 Å². The maximum atomic E-state index is 6.65. The first-order valence-corrected chi connectivity index (χ1v) is 18.2. The van der Waals surface area contributed by atoms with E-state index in [-0.39, 0.29) is 0 Å². The van der Waals surface area contributed by atoms with Gasteiger partial charge in [0.15, 0.2) is 5.58 Å². The van der Waals surface area contributed by atoms with E-state index in [4.69, 9.17) is 9.41 Å². The van der Waals surface area contributed by atoms with Crippen molar-refractivity contribution in [3.63, 3.8) is 0 Å². The molecule has 0 aliphatic carbocycles. The number of aromatic nitrogens is 1. The van der Waals surface area contributed by atoms with Crippen molar-refractivity contribution in [2.75, 3.05) is 0 Å². The van der Waals surface area contributed by atoms with Gasteiger partial charge in [-0.05, 0) is 90.6 Å². The molecule has 0 atom stereocenters. The monoisotopic (exact) mass is 682 g/mol. The van der Waals surface area contributed by atoms with E-state index < -0.39 is 0 Å². The zero-order chi connectivity index (χ0) is 35.9. The van der Waals surface area contributed by atoms with Crippen molar-refractivity contribution < 1.29 is 4.42 Å². The van der Waals surface area contributed by atoms with Crippen LogP contribution in [0.25, 0.3) is 71.8 Å². The van der Waals surface area contributed by atoms with E-state index in [2.05, 4.69) is 189 Å². The van der Waals surface area contributed by atoms with Crippen molar-refractivity contribution >= 4 is 60.7 Å². The lowest BCUT2D eigenvalue weighted by Crippen LogP contribution is -2.07. The second-order valence-electron chi connectivity index (χ2n) is 13.5. The number of rotatable bonds is 7. The molecule has 0 fully saturated rings. The zero-order valence-electron chi connectivity index (χ0n) is 30.0. The predicted octanol–water partition coefficient (Wildman–Crippen LogP) is 13.7. The average Bonchev–Trinajstić information content (AvgIpc) is 3.78. The predicted molar refractivity (Wildman–Crippen MR) is 225 cm³/mol. The number of aliphatic imine (C=N–C) groups is 1. The fraction of sp³-hybridized carbons (Fsp3) is 0.0600. The van der Waals surface area contributed by atoms with Gasteiger partial charge in [-0.1, -0.05) is 140 Å². The number of hydrogen-bond acceptors (Lipinski definition) is 2. The molecule has 0 saturated heterocycles. The maximum Gasteiger partial charge on any atom is 0.160 e. The van der Waals surface area contributed by atoms with Gasteiger partial charge in [-0.3, -0.25) is 0 Å². The summed E-state index contributed by atoms with van der Waals surface area (Å²) in [6.45, 7) is 6.47. The maximum absolute atomic E-state index is 6.65. The highest BCUT2D eigenvalue weighted by atomic mass is 16.3. The van der Waals surface area contributed by atoms with E-state index in [9.17, 15) is 0 Å². The highest BCUT2D eigenvalue weighted by Gasteiger charge is 2.20. The molecule has 0 radical (unpaired) electrons. The molecule has 3 heteroatoms. The number of para-hydroxylation sites is 2. The van der Waals surface area contributed by atoms with E-state index in [0.29, 0.717) is 0 Å². The molecular weight excluding hydrogens is 645 g/mol. The molecule has 9 aromatic rings. The van der Waals surface area contributed by atoms with Crippen LogP contribution in [-0.4, -0.2) is 10.3 Å². The topological polar surface area (TPSA) is 30.4 Å². The minimum absolute atomic E-state index is 0.891. The Labute approximate surface area is 309 Å². The van der Waals surface area contributed by atoms with Crippen LogP contribution in [0, 0.1) is 0 Å². The van der Waals surface area contributed by atoms with Crippen molar-refractivity contribution in [2.45, 2.75) is 20.8 Å². The number of hydrogen-bond donors (Lipinski definition) is 0. The van der Waals surface area contributed by atoms with E-state index in [1.165, 1.54) is 27.6 Å². The quantitative estimate of drug-likeness (QED) is 0.154. The van der Waals surface area contributed by atoms with Crippen LogP contribution in [0.2, 0.25) is 0 Å². The Kier molecular flexibility index (Phi) is 8.17. The molecule has 7 aromatic carbocycles. The largest absolute Gasteiger partial charge is 0.454 e. The molecule has 9 rings (SSSR count). The molecule has 0 amide bonds. The summed E-state index contributed by atoms with van der Waals surface area (Å²) < 4.78 is 9.01. The van der Waals surface area contributed by atoms with Crippen LogP contribution < -0.4 is 0 Å². The average molecular weight is 683 g/mol. The molecule has 0 aliphatic rings. The molecule has 0 spiro atoms. The normalized spacial score (nSPS) is 13.0. The van der Waals surface area contributed by atoms with Crippen molar-refractivity contribution in [1.82, 2.24) is 4.57 Å². The van der Waals surface area contributed by atoms with Crippen LogP contribution in [0.15, 0.2) is 191 Å². The lowest BCUT2D eigenvalue weighted by molar-refractivity contribution is 0.671. The van der Waals surface area contributed by atoms with Crippen LogP contribution >= 0.6 is 0 Å². The van der Waals surface area contributed by atoms with Gasteiger partial charge < -0.3 is 8.98 Å². The zero-order valence-corrected chi connectivity index (χ0v) is 30.0. The van der Waals surface area contributed by atoms with Crippen LogP contribution in [0.5, 0.6) is 0 Å². The first kappa shape index (κ1) is 32.2. The fourth-order valence-corrected chi connectivity index (χ4v) is 7.64. The van der Waals surface area contributed by atoms with Gasteiger partial charge in [0.1, 0.15) is 5.58 Å². The summed E-state index contributed by atoms with van der Waals surface area (Å²) in [4.78, 5) is 5.48. The summed E-state index contributed by atoms with van der Waals surface area (Å²) in [6, 6.07) is 60.0. The minimum Gasteiger partial charge on any atom is -0.454 e. The first-order chi connectivity index (χ1) is 26.1. The molecule has 2 aromatic heterocycles. The second kappa shape index (κ2) is 13.4. The smallest absolute Gasteiger partial charge is 0.160 e. The van der Waals surface area contributed by atoms with E-state index >= 15 is 0 Å². The molecule has 0 saturated carbocycles. The van der Waals surface area contributed by atoms with Gasteiger partial charge in [0.25, 0.3) is 0 Å². The third kappa shape index (κ3) is 5.68. The van der Waals surface area contributed by atoms with E-state index in [1.807, 2.05) is 12.1 Å². The number of fused-ring (bicyclic) bond motifs is 7. The Bertz CT molecular complexity index is 2900. The van der Waals surface area contributed by atoms with Crippen LogP contribution in [0.4, 0.5) is 0 Å². The Morgan fingerprint density at radius 1 is 0.547 bits per heavy atom. The lowest BCUT2D eigenvalue weighted by Gasteiger charge is -2.16. The number of nitrogens with zero attached hydrogens (tertiary/aromatic N) is 2. The summed E-state index contributed by atoms with van der Waals surface area (Å²) in [5.74, 6) is 0. The SMILES string of the molecule is C\C=C(/N=C(\C(C)=C(/C)c1cccc(-c2ccccc2)c1)c1cccc(-n2c3ccccc3c3ccc4c5ccccc5oc4c32)c1)c1ccccc1. The van der Waals surface area contributed by atoms with Crippen LogP contribution in [-0.2, 0) is 0 Å². The number of allylic oxidation sites excluding steroid dienone is 3. The summed E-state index contributed by atoms with van der Waals surface area (Å²) >= 11 is 0. The number of benzene rings is 7. The third-order valence-corrected chi connectivity index (χ3v) is 10.5. The van der Waals surface area contributed by atoms with Gasteiger partial charge in [-0.15, -0.1) is 0 Å². The van der Waals surface area contributed by atoms with Crippen molar-refractivity contribution in [2.24, 2.45) is 4.99 Å². The van der Waals surface area contributed by atoms with Gasteiger partial charge >= 0.3 is 0 Å². The standard InChI is InChI=1S/C50H38N2O/c1-4-45(36-19-9-6-10-20-36)51-48(34(3)33(2)37-21-15-22-38(31-37)35-17-7-5-8-18-35)39-23-16-24-40(32-39)52-46-27-13-11-25-41(46)43-29-30-44-42-26-12-14-28-47(42)53-50(44)49(43)52/h4-32H,1-3H3/b34-33+,45-4-,51-48+. The minimum atomic E-state index is 0.891.